The van der Waals surface area contributed by atoms with Gasteiger partial charge in [-0.05, 0) is 43.0 Å². The maximum Gasteiger partial charge on any atom is 0.255 e. The zero-order chi connectivity index (χ0) is 17.8. The van der Waals surface area contributed by atoms with Crippen LogP contribution in [0.4, 0.5) is 20.3 Å². The summed E-state index contributed by atoms with van der Waals surface area (Å²) in [6.07, 6.45) is 3.32. The molecule has 0 bridgehead atoms. The van der Waals surface area contributed by atoms with Crippen LogP contribution in [0.5, 0.6) is 0 Å². The number of benzene rings is 1. The third kappa shape index (κ3) is 4.11. The molecule has 1 amide bonds. The van der Waals surface area contributed by atoms with Crippen molar-refractivity contribution in [3.05, 3.63) is 53.7 Å². The van der Waals surface area contributed by atoms with E-state index in [1.54, 1.807) is 18.3 Å². The van der Waals surface area contributed by atoms with Crippen LogP contribution in [0.1, 0.15) is 23.2 Å². The van der Waals surface area contributed by atoms with E-state index in [1.165, 1.54) is 0 Å². The van der Waals surface area contributed by atoms with Gasteiger partial charge >= 0.3 is 0 Å². The number of piperidine rings is 1. The summed E-state index contributed by atoms with van der Waals surface area (Å²) < 4.78 is 26.6. The number of carbonyl (C=O) groups excluding carboxylic acids is 1. The number of rotatable bonds is 4. The predicted molar refractivity (Wildman–Crippen MR) is 90.6 cm³/mol. The first kappa shape index (κ1) is 17.3. The van der Waals surface area contributed by atoms with Crippen LogP contribution in [0.3, 0.4) is 0 Å². The highest BCUT2D eigenvalue weighted by Crippen LogP contribution is 2.28. The number of hydrogen-bond donors (Lipinski definition) is 2. The van der Waals surface area contributed by atoms with Crippen LogP contribution in [0.25, 0.3) is 0 Å². The summed E-state index contributed by atoms with van der Waals surface area (Å²) in [6, 6.07) is 6.08. The van der Waals surface area contributed by atoms with E-state index in [9.17, 15) is 18.7 Å². The SMILES string of the molecule is O=C(Nc1cccnc1N1CCC(CO)CC1)c1cc(F)cc(F)c1. The number of carbonyl (C=O) groups is 1. The average molecular weight is 347 g/mol. The van der Waals surface area contributed by atoms with E-state index in [4.69, 9.17) is 0 Å². The second kappa shape index (κ2) is 7.57. The van der Waals surface area contributed by atoms with Gasteiger partial charge in [-0.25, -0.2) is 13.8 Å². The van der Waals surface area contributed by atoms with Crippen LogP contribution in [-0.2, 0) is 0 Å². The Labute approximate surface area is 144 Å². The lowest BCUT2D eigenvalue weighted by molar-refractivity contribution is 0.102. The van der Waals surface area contributed by atoms with Gasteiger partial charge in [0.2, 0.25) is 0 Å². The molecule has 7 heteroatoms. The molecule has 0 unspecified atom stereocenters. The molecule has 0 spiro atoms. The fourth-order valence-electron chi connectivity index (χ4n) is 2.95. The molecule has 25 heavy (non-hydrogen) atoms. The summed E-state index contributed by atoms with van der Waals surface area (Å²) in [4.78, 5) is 18.7. The number of hydrogen-bond acceptors (Lipinski definition) is 4. The van der Waals surface area contributed by atoms with Gasteiger partial charge in [-0.3, -0.25) is 4.79 Å². The van der Waals surface area contributed by atoms with E-state index in [0.717, 1.165) is 44.1 Å². The molecule has 0 saturated carbocycles. The van der Waals surface area contributed by atoms with Crippen molar-refractivity contribution in [3.63, 3.8) is 0 Å². The fourth-order valence-corrected chi connectivity index (χ4v) is 2.95. The Bertz CT molecular complexity index is 741. The van der Waals surface area contributed by atoms with Crippen molar-refractivity contribution < 1.29 is 18.7 Å². The summed E-state index contributed by atoms with van der Waals surface area (Å²) in [5, 5.41) is 11.9. The van der Waals surface area contributed by atoms with Crippen molar-refractivity contribution in [2.45, 2.75) is 12.8 Å². The summed E-state index contributed by atoms with van der Waals surface area (Å²) in [6.45, 7) is 1.62. The number of anilines is 2. The third-order valence-electron chi connectivity index (χ3n) is 4.33. The third-order valence-corrected chi connectivity index (χ3v) is 4.33. The van der Waals surface area contributed by atoms with E-state index >= 15 is 0 Å². The smallest absolute Gasteiger partial charge is 0.255 e. The Hall–Kier alpha value is -2.54. The van der Waals surface area contributed by atoms with Crippen molar-refractivity contribution in [1.29, 1.82) is 0 Å². The Balaban J connectivity index is 1.78. The highest BCUT2D eigenvalue weighted by molar-refractivity contribution is 6.05. The molecule has 5 nitrogen and oxygen atoms in total. The number of aliphatic hydroxyl groups is 1. The number of pyridine rings is 1. The quantitative estimate of drug-likeness (QED) is 0.893. The number of aromatic nitrogens is 1. The standard InChI is InChI=1S/C18H19F2N3O2/c19-14-8-13(9-15(20)10-14)18(25)22-16-2-1-5-21-17(16)23-6-3-12(11-24)4-7-23/h1-2,5,8-10,12,24H,3-4,6-7,11H2,(H,22,25). The Morgan fingerprint density at radius 1 is 1.24 bits per heavy atom. The van der Waals surface area contributed by atoms with E-state index in [1.807, 2.05) is 4.90 Å². The molecule has 0 aliphatic carbocycles. The summed E-state index contributed by atoms with van der Waals surface area (Å²) in [5.74, 6) is -1.31. The van der Waals surface area contributed by atoms with Gasteiger partial charge in [0.25, 0.3) is 5.91 Å². The highest BCUT2D eigenvalue weighted by atomic mass is 19.1. The minimum atomic E-state index is -0.803. The fraction of sp³-hybridized carbons (Fsp3) is 0.333. The van der Waals surface area contributed by atoms with Crippen molar-refractivity contribution in [1.82, 2.24) is 4.98 Å². The second-order valence-electron chi connectivity index (χ2n) is 6.10. The van der Waals surface area contributed by atoms with Gasteiger partial charge < -0.3 is 15.3 Å². The monoisotopic (exact) mass is 347 g/mol. The Morgan fingerprint density at radius 3 is 2.56 bits per heavy atom. The van der Waals surface area contributed by atoms with Crippen molar-refractivity contribution in [2.24, 2.45) is 5.92 Å². The average Bonchev–Trinajstić information content (AvgIpc) is 2.61. The topological polar surface area (TPSA) is 65.5 Å². The van der Waals surface area contributed by atoms with Gasteiger partial charge in [0, 0.05) is 37.5 Å². The molecule has 1 aliphatic heterocycles. The molecule has 1 aromatic heterocycles. The number of nitrogens with zero attached hydrogens (tertiary/aromatic N) is 2. The van der Waals surface area contributed by atoms with Crippen LogP contribution in [-0.4, -0.2) is 35.7 Å². The number of halogens is 2. The number of amides is 1. The van der Waals surface area contributed by atoms with E-state index in [-0.39, 0.29) is 18.1 Å². The molecule has 2 heterocycles. The predicted octanol–water partition coefficient (Wildman–Crippen LogP) is 2.82. The molecule has 0 radical (unpaired) electrons. The maximum absolute atomic E-state index is 13.3. The van der Waals surface area contributed by atoms with E-state index in [0.29, 0.717) is 11.5 Å². The summed E-state index contributed by atoms with van der Waals surface area (Å²) in [5.41, 5.74) is 0.394. The van der Waals surface area contributed by atoms with Gasteiger partial charge in [-0.15, -0.1) is 0 Å². The summed E-state index contributed by atoms with van der Waals surface area (Å²) in [7, 11) is 0. The minimum absolute atomic E-state index is 0.0914. The Morgan fingerprint density at radius 2 is 1.92 bits per heavy atom. The molecular formula is C18H19F2N3O2. The van der Waals surface area contributed by atoms with Crippen LogP contribution in [0.2, 0.25) is 0 Å². The first-order valence-electron chi connectivity index (χ1n) is 8.15. The molecule has 1 aliphatic rings. The highest BCUT2D eigenvalue weighted by Gasteiger charge is 2.22. The van der Waals surface area contributed by atoms with E-state index in [2.05, 4.69) is 10.3 Å². The molecule has 1 saturated heterocycles. The lowest BCUT2D eigenvalue weighted by Gasteiger charge is -2.33. The minimum Gasteiger partial charge on any atom is -0.396 e. The number of aliphatic hydroxyl groups excluding tert-OH is 1. The van der Waals surface area contributed by atoms with Crippen molar-refractivity contribution >= 4 is 17.4 Å². The molecule has 1 aromatic carbocycles. The van der Waals surface area contributed by atoms with Crippen LogP contribution in [0.15, 0.2) is 36.5 Å². The van der Waals surface area contributed by atoms with E-state index < -0.39 is 17.5 Å². The van der Waals surface area contributed by atoms with Gasteiger partial charge in [0.1, 0.15) is 11.6 Å². The zero-order valence-electron chi connectivity index (χ0n) is 13.6. The van der Waals surface area contributed by atoms with Crippen molar-refractivity contribution in [3.8, 4) is 0 Å². The largest absolute Gasteiger partial charge is 0.396 e. The molecule has 2 aromatic rings. The van der Waals surface area contributed by atoms with Gasteiger partial charge in [-0.1, -0.05) is 0 Å². The number of nitrogens with one attached hydrogen (secondary N) is 1. The molecule has 0 atom stereocenters. The zero-order valence-corrected chi connectivity index (χ0v) is 13.6. The first-order valence-corrected chi connectivity index (χ1v) is 8.15. The maximum atomic E-state index is 13.3. The molecule has 2 N–H and O–H groups in total. The first-order chi connectivity index (χ1) is 12.1. The van der Waals surface area contributed by atoms with Crippen LogP contribution in [0, 0.1) is 17.6 Å². The molecular weight excluding hydrogens is 328 g/mol. The lowest BCUT2D eigenvalue weighted by Crippen LogP contribution is -2.35. The van der Waals surface area contributed by atoms with Crippen molar-refractivity contribution in [2.75, 3.05) is 29.9 Å². The lowest BCUT2D eigenvalue weighted by atomic mass is 9.98. The van der Waals surface area contributed by atoms with Crippen LogP contribution < -0.4 is 10.2 Å². The van der Waals surface area contributed by atoms with Gasteiger partial charge in [-0.2, -0.15) is 0 Å². The Kier molecular flexibility index (Phi) is 5.23. The van der Waals surface area contributed by atoms with Crippen LogP contribution >= 0.6 is 0 Å². The molecule has 132 valence electrons. The normalized spacial score (nSPS) is 15.2. The molecule has 1 fully saturated rings. The molecule has 3 rings (SSSR count). The van der Waals surface area contributed by atoms with Gasteiger partial charge in [0.05, 0.1) is 5.69 Å². The summed E-state index contributed by atoms with van der Waals surface area (Å²) >= 11 is 0. The second-order valence-corrected chi connectivity index (χ2v) is 6.10. The van der Waals surface area contributed by atoms with Gasteiger partial charge in [0.15, 0.2) is 5.82 Å².